The summed E-state index contributed by atoms with van der Waals surface area (Å²) in [5.41, 5.74) is 5.20. The van der Waals surface area contributed by atoms with Crippen molar-refractivity contribution in [2.75, 3.05) is 13.1 Å². The van der Waals surface area contributed by atoms with Gasteiger partial charge in [0.25, 0.3) is 5.91 Å². The lowest BCUT2D eigenvalue weighted by Gasteiger charge is -2.36. The SMILES string of the molecule is CC(OC(=O)CNC(=O)NC(C(=O)N1C[C@H](C(C)(Cl)Cl)C(C)C1C(=O)NC(CC1CC1)C(=O)C(N)=O)C(C)(C)C)c1ccccc1. The molecule has 1 aliphatic carbocycles. The van der Waals surface area contributed by atoms with Crippen LogP contribution < -0.4 is 21.7 Å². The van der Waals surface area contributed by atoms with E-state index in [9.17, 15) is 28.8 Å². The minimum absolute atomic E-state index is 0.0157. The van der Waals surface area contributed by atoms with E-state index >= 15 is 0 Å². The van der Waals surface area contributed by atoms with E-state index in [0.717, 1.165) is 18.4 Å². The highest BCUT2D eigenvalue weighted by Crippen LogP contribution is 2.43. The van der Waals surface area contributed by atoms with Gasteiger partial charge in [0, 0.05) is 12.5 Å². The molecule has 1 aromatic carbocycles. The van der Waals surface area contributed by atoms with Crippen LogP contribution in [0.3, 0.4) is 0 Å². The number of nitrogens with two attached hydrogens (primary N) is 1. The van der Waals surface area contributed by atoms with Crippen LogP contribution in [0.15, 0.2) is 30.3 Å². The predicted molar refractivity (Wildman–Crippen MR) is 172 cm³/mol. The number of amides is 5. The topological polar surface area (TPSA) is 177 Å². The molecule has 14 heteroatoms. The highest BCUT2D eigenvalue weighted by atomic mass is 35.5. The van der Waals surface area contributed by atoms with Crippen molar-refractivity contribution in [3.63, 3.8) is 0 Å². The summed E-state index contributed by atoms with van der Waals surface area (Å²) in [6.45, 7) is 9.76. The molecule has 254 valence electrons. The lowest BCUT2D eigenvalue weighted by molar-refractivity contribution is -0.147. The lowest BCUT2D eigenvalue weighted by atomic mass is 9.85. The van der Waals surface area contributed by atoms with Crippen molar-refractivity contribution in [1.29, 1.82) is 0 Å². The van der Waals surface area contributed by atoms with E-state index in [1.807, 2.05) is 30.3 Å². The van der Waals surface area contributed by atoms with Gasteiger partial charge in [0.15, 0.2) is 0 Å². The van der Waals surface area contributed by atoms with Crippen LogP contribution in [0.4, 0.5) is 4.79 Å². The van der Waals surface area contributed by atoms with Gasteiger partial charge in [0.05, 0.1) is 6.04 Å². The Hall–Kier alpha value is -3.38. The Bertz CT molecular complexity index is 1310. The maximum atomic E-state index is 14.2. The van der Waals surface area contributed by atoms with E-state index in [1.165, 1.54) is 4.90 Å². The lowest BCUT2D eigenvalue weighted by Crippen LogP contribution is -2.60. The number of nitrogens with zero attached hydrogens (tertiary/aromatic N) is 1. The molecule has 46 heavy (non-hydrogen) atoms. The Morgan fingerprint density at radius 3 is 2.15 bits per heavy atom. The minimum atomic E-state index is -1.33. The van der Waals surface area contributed by atoms with Crippen molar-refractivity contribution in [2.24, 2.45) is 28.9 Å². The first-order valence-corrected chi connectivity index (χ1v) is 16.2. The van der Waals surface area contributed by atoms with Gasteiger partial charge in [-0.25, -0.2) is 4.79 Å². The Kier molecular flexibility index (Phi) is 12.1. The number of carbonyl (C=O) groups excluding carboxylic acids is 6. The first-order chi connectivity index (χ1) is 21.3. The third-order valence-electron chi connectivity index (χ3n) is 8.57. The molecule has 0 spiro atoms. The van der Waals surface area contributed by atoms with Gasteiger partial charge in [-0.3, -0.25) is 24.0 Å². The fourth-order valence-electron chi connectivity index (χ4n) is 5.75. The number of ether oxygens (including phenoxy) is 1. The van der Waals surface area contributed by atoms with E-state index in [4.69, 9.17) is 33.7 Å². The molecule has 1 saturated heterocycles. The average molecular weight is 683 g/mol. The number of halogens is 2. The second kappa shape index (κ2) is 15.0. The molecule has 3 rings (SSSR count). The number of primary amides is 1. The van der Waals surface area contributed by atoms with Crippen LogP contribution in [0, 0.1) is 23.2 Å². The normalized spacial score (nSPS) is 21.8. The third kappa shape index (κ3) is 9.81. The number of likely N-dealkylation sites (tertiary alicyclic amines) is 1. The number of hydrogen-bond donors (Lipinski definition) is 4. The molecule has 0 radical (unpaired) electrons. The van der Waals surface area contributed by atoms with E-state index in [2.05, 4.69) is 16.0 Å². The number of rotatable bonds is 13. The van der Waals surface area contributed by atoms with Gasteiger partial charge < -0.3 is 31.3 Å². The predicted octanol–water partition coefficient (Wildman–Crippen LogP) is 3.00. The van der Waals surface area contributed by atoms with Crippen LogP contribution in [0.5, 0.6) is 0 Å². The molecule has 1 aromatic rings. The van der Waals surface area contributed by atoms with Gasteiger partial charge in [-0.15, -0.1) is 23.2 Å². The molecule has 0 bridgehead atoms. The van der Waals surface area contributed by atoms with Crippen molar-refractivity contribution in [2.45, 2.75) is 89.4 Å². The molecule has 1 heterocycles. The summed E-state index contributed by atoms with van der Waals surface area (Å²) in [7, 11) is 0. The number of carbonyl (C=O) groups is 6. The molecule has 1 aliphatic heterocycles. The van der Waals surface area contributed by atoms with Gasteiger partial charge in [-0.1, -0.05) is 70.9 Å². The molecule has 5 N–H and O–H groups in total. The zero-order valence-electron chi connectivity index (χ0n) is 27.1. The first-order valence-electron chi connectivity index (χ1n) is 15.4. The van der Waals surface area contributed by atoms with E-state index < -0.39 is 87.9 Å². The summed E-state index contributed by atoms with van der Waals surface area (Å²) in [4.78, 5) is 79.0. The van der Waals surface area contributed by atoms with Crippen molar-refractivity contribution < 1.29 is 33.5 Å². The largest absolute Gasteiger partial charge is 0.456 e. The van der Waals surface area contributed by atoms with Crippen molar-refractivity contribution in [1.82, 2.24) is 20.9 Å². The minimum Gasteiger partial charge on any atom is -0.456 e. The smallest absolute Gasteiger partial charge is 0.326 e. The number of urea groups is 1. The van der Waals surface area contributed by atoms with Gasteiger partial charge in [0.1, 0.15) is 29.1 Å². The number of Topliss-reactive ketones (excluding diaryl/α,β-unsaturated/α-hetero) is 1. The summed E-state index contributed by atoms with van der Waals surface area (Å²) in [5.74, 6) is -4.93. The van der Waals surface area contributed by atoms with Crippen LogP contribution in [0.2, 0.25) is 0 Å². The standard InChI is InChI=1S/C32H45Cl2N5O7/c1-17-21(32(6,33)34)16-39(24(17)28(43)37-22(14-19-12-13-19)25(41)27(35)42)29(44)26(31(3,4)5)38-30(45)36-15-23(40)46-18(2)20-10-8-7-9-11-20/h7-11,17-19,21-22,24,26H,12-16H2,1-6H3,(H2,35,42)(H,37,43)(H2,36,38,45)/t17?,18?,21-,22?,24?,26?/m0/s1. The molecule has 2 aliphatic rings. The zero-order valence-corrected chi connectivity index (χ0v) is 28.6. The zero-order chi connectivity index (χ0) is 34.6. The number of nitrogens with one attached hydrogen (secondary N) is 3. The van der Waals surface area contributed by atoms with Gasteiger partial charge in [-0.2, -0.15) is 0 Å². The number of alkyl halides is 2. The quantitative estimate of drug-likeness (QED) is 0.140. The number of ketones is 1. The van der Waals surface area contributed by atoms with Crippen LogP contribution in [-0.4, -0.2) is 76.0 Å². The molecule has 1 saturated carbocycles. The van der Waals surface area contributed by atoms with E-state index in [1.54, 1.807) is 41.5 Å². The highest BCUT2D eigenvalue weighted by Gasteiger charge is 2.53. The monoisotopic (exact) mass is 681 g/mol. The third-order valence-corrected chi connectivity index (χ3v) is 9.13. The Morgan fingerprint density at radius 2 is 1.63 bits per heavy atom. The molecular formula is C32H45Cl2N5O7. The summed E-state index contributed by atoms with van der Waals surface area (Å²) >= 11 is 13.0. The van der Waals surface area contributed by atoms with Crippen molar-refractivity contribution >= 4 is 58.7 Å². The fraction of sp³-hybridized carbons (Fsp3) is 0.625. The Balaban J connectivity index is 1.77. The van der Waals surface area contributed by atoms with Crippen molar-refractivity contribution in [3.8, 4) is 0 Å². The number of benzene rings is 1. The molecule has 6 atom stereocenters. The van der Waals surface area contributed by atoms with Crippen LogP contribution in [0.1, 0.15) is 72.5 Å². The summed E-state index contributed by atoms with van der Waals surface area (Å²) in [5, 5.41) is 7.74. The maximum absolute atomic E-state index is 14.2. The van der Waals surface area contributed by atoms with E-state index in [0.29, 0.717) is 0 Å². The second-order valence-electron chi connectivity index (χ2n) is 13.5. The molecule has 5 unspecified atom stereocenters. The fourth-order valence-corrected chi connectivity index (χ4v) is 6.29. The highest BCUT2D eigenvalue weighted by molar-refractivity contribution is 6.48. The summed E-state index contributed by atoms with van der Waals surface area (Å²) in [6.07, 6.45) is 1.46. The van der Waals surface area contributed by atoms with Crippen LogP contribution in [0.25, 0.3) is 0 Å². The van der Waals surface area contributed by atoms with Gasteiger partial charge in [-0.05, 0) is 43.1 Å². The first kappa shape index (κ1) is 37.1. The van der Waals surface area contributed by atoms with Crippen molar-refractivity contribution in [3.05, 3.63) is 35.9 Å². The number of hydrogen-bond acceptors (Lipinski definition) is 7. The number of esters is 1. The Labute approximate surface area is 279 Å². The molecule has 2 fully saturated rings. The molecule has 0 aromatic heterocycles. The van der Waals surface area contributed by atoms with Crippen LogP contribution in [-0.2, 0) is 28.7 Å². The van der Waals surface area contributed by atoms with Gasteiger partial charge >= 0.3 is 12.0 Å². The average Bonchev–Trinajstić information content (AvgIpc) is 3.71. The molecule has 5 amide bonds. The Morgan fingerprint density at radius 1 is 1.02 bits per heavy atom. The van der Waals surface area contributed by atoms with E-state index in [-0.39, 0.29) is 18.9 Å². The summed E-state index contributed by atoms with van der Waals surface area (Å²) in [6, 6.07) is 4.91. The summed E-state index contributed by atoms with van der Waals surface area (Å²) < 4.78 is 4.07. The molecule has 12 nitrogen and oxygen atoms in total. The maximum Gasteiger partial charge on any atom is 0.326 e. The second-order valence-corrected chi connectivity index (χ2v) is 15.3. The molecular weight excluding hydrogens is 637 g/mol. The van der Waals surface area contributed by atoms with Crippen LogP contribution >= 0.6 is 23.2 Å². The van der Waals surface area contributed by atoms with Gasteiger partial charge in [0.2, 0.25) is 17.6 Å².